The van der Waals surface area contributed by atoms with Crippen LogP contribution in [0.3, 0.4) is 0 Å². The van der Waals surface area contributed by atoms with Crippen LogP contribution in [0, 0.1) is 6.92 Å². The predicted molar refractivity (Wildman–Crippen MR) is 74.9 cm³/mol. The molecule has 0 aliphatic rings. The topological polar surface area (TPSA) is 29.5 Å². The summed E-state index contributed by atoms with van der Waals surface area (Å²) >= 11 is 1.93. The third-order valence-corrected chi connectivity index (χ3v) is 3.50. The van der Waals surface area contributed by atoms with Gasteiger partial charge in [0.25, 0.3) is 0 Å². The van der Waals surface area contributed by atoms with Crippen LogP contribution in [0.5, 0.6) is 5.75 Å². The van der Waals surface area contributed by atoms with E-state index in [9.17, 15) is 5.11 Å². The van der Waals surface area contributed by atoms with Gasteiger partial charge in [-0.1, -0.05) is 19.1 Å². The minimum atomic E-state index is -0.476. The lowest BCUT2D eigenvalue weighted by atomic mass is 10.1. The van der Waals surface area contributed by atoms with Crippen molar-refractivity contribution in [1.82, 2.24) is 0 Å². The van der Waals surface area contributed by atoms with E-state index in [1.54, 1.807) is 6.92 Å². The second kappa shape index (κ2) is 7.62. The van der Waals surface area contributed by atoms with Crippen LogP contribution < -0.4 is 4.74 Å². The standard InChI is InChI=1S/C14H22O2S/c1-4-17-9-5-8-16-14-10-11(2)6-7-13(14)12(3)15/h6-7,10,12,15H,4-5,8-9H2,1-3H3/t12-/m0/s1. The number of aliphatic hydroxyl groups excluding tert-OH is 1. The van der Waals surface area contributed by atoms with Gasteiger partial charge >= 0.3 is 0 Å². The number of aryl methyl sites for hydroxylation is 1. The second-order valence-corrected chi connectivity index (χ2v) is 5.51. The number of benzene rings is 1. The number of thioether (sulfide) groups is 1. The molecule has 0 bridgehead atoms. The number of ether oxygens (including phenoxy) is 1. The highest BCUT2D eigenvalue weighted by Crippen LogP contribution is 2.26. The Morgan fingerprint density at radius 2 is 2.18 bits per heavy atom. The third-order valence-electron chi connectivity index (χ3n) is 2.51. The van der Waals surface area contributed by atoms with Gasteiger partial charge in [-0.3, -0.25) is 0 Å². The van der Waals surface area contributed by atoms with Crippen LogP contribution in [0.15, 0.2) is 18.2 Å². The highest BCUT2D eigenvalue weighted by atomic mass is 32.2. The average molecular weight is 254 g/mol. The SMILES string of the molecule is CCSCCCOc1cc(C)ccc1[C@H](C)O. The maximum atomic E-state index is 9.65. The van der Waals surface area contributed by atoms with Crippen LogP contribution in [0.4, 0.5) is 0 Å². The van der Waals surface area contributed by atoms with Gasteiger partial charge in [0.1, 0.15) is 5.75 Å². The third kappa shape index (κ3) is 5.00. The Balaban J connectivity index is 2.53. The van der Waals surface area contributed by atoms with E-state index in [2.05, 4.69) is 6.92 Å². The summed E-state index contributed by atoms with van der Waals surface area (Å²) in [5, 5.41) is 9.65. The molecule has 0 heterocycles. The summed E-state index contributed by atoms with van der Waals surface area (Å²) in [7, 11) is 0. The Labute approximate surface area is 108 Å². The first kappa shape index (κ1) is 14.4. The van der Waals surface area contributed by atoms with Crippen LogP contribution >= 0.6 is 11.8 Å². The molecule has 0 spiro atoms. The van der Waals surface area contributed by atoms with Crippen LogP contribution in [-0.2, 0) is 0 Å². The van der Waals surface area contributed by atoms with E-state index in [1.165, 1.54) is 0 Å². The van der Waals surface area contributed by atoms with Crippen molar-refractivity contribution < 1.29 is 9.84 Å². The van der Waals surface area contributed by atoms with E-state index in [-0.39, 0.29) is 0 Å². The van der Waals surface area contributed by atoms with Crippen molar-refractivity contribution in [2.45, 2.75) is 33.3 Å². The molecule has 1 rings (SSSR count). The first-order valence-electron chi connectivity index (χ1n) is 6.14. The summed E-state index contributed by atoms with van der Waals surface area (Å²) in [6.45, 7) is 6.68. The lowest BCUT2D eigenvalue weighted by Crippen LogP contribution is -2.03. The van der Waals surface area contributed by atoms with Crippen LogP contribution in [-0.4, -0.2) is 23.2 Å². The van der Waals surface area contributed by atoms with Gasteiger partial charge < -0.3 is 9.84 Å². The molecule has 1 N–H and O–H groups in total. The van der Waals surface area contributed by atoms with Crippen LogP contribution in [0.2, 0.25) is 0 Å². The Bertz CT molecular complexity index is 337. The first-order chi connectivity index (χ1) is 8.15. The largest absolute Gasteiger partial charge is 0.493 e. The molecule has 0 aliphatic carbocycles. The first-order valence-corrected chi connectivity index (χ1v) is 7.29. The van der Waals surface area contributed by atoms with E-state index >= 15 is 0 Å². The van der Waals surface area contributed by atoms with Crippen LogP contribution in [0.1, 0.15) is 37.5 Å². The zero-order chi connectivity index (χ0) is 12.7. The normalized spacial score (nSPS) is 12.5. The zero-order valence-electron chi connectivity index (χ0n) is 10.9. The maximum absolute atomic E-state index is 9.65. The molecule has 2 nitrogen and oxygen atoms in total. The lowest BCUT2D eigenvalue weighted by molar-refractivity contribution is 0.191. The molecule has 0 radical (unpaired) electrons. The van der Waals surface area contributed by atoms with Gasteiger partial charge in [-0.05, 0) is 43.4 Å². The average Bonchev–Trinajstić information content (AvgIpc) is 2.28. The summed E-state index contributed by atoms with van der Waals surface area (Å²) < 4.78 is 5.75. The summed E-state index contributed by atoms with van der Waals surface area (Å²) in [4.78, 5) is 0. The number of rotatable bonds is 7. The molecular weight excluding hydrogens is 232 g/mol. The van der Waals surface area contributed by atoms with Crippen molar-refractivity contribution in [3.05, 3.63) is 29.3 Å². The quantitative estimate of drug-likeness (QED) is 0.754. The van der Waals surface area contributed by atoms with Crippen molar-refractivity contribution in [2.75, 3.05) is 18.1 Å². The van der Waals surface area contributed by atoms with Gasteiger partial charge in [0.15, 0.2) is 0 Å². The number of hydrogen-bond donors (Lipinski definition) is 1. The molecule has 0 fully saturated rings. The molecule has 1 atom stereocenters. The van der Waals surface area contributed by atoms with E-state index in [0.717, 1.165) is 41.4 Å². The molecule has 0 amide bonds. The van der Waals surface area contributed by atoms with Gasteiger partial charge in [0.05, 0.1) is 12.7 Å². The fourth-order valence-corrected chi connectivity index (χ4v) is 2.21. The molecule has 17 heavy (non-hydrogen) atoms. The van der Waals surface area contributed by atoms with E-state index < -0.39 is 6.10 Å². The minimum absolute atomic E-state index is 0.476. The fraction of sp³-hybridized carbons (Fsp3) is 0.571. The van der Waals surface area contributed by atoms with Gasteiger partial charge in [-0.15, -0.1) is 0 Å². The molecule has 96 valence electrons. The molecule has 1 aromatic carbocycles. The van der Waals surface area contributed by atoms with Crippen LogP contribution in [0.25, 0.3) is 0 Å². The molecule has 0 saturated heterocycles. The van der Waals surface area contributed by atoms with Gasteiger partial charge in [0.2, 0.25) is 0 Å². The van der Waals surface area contributed by atoms with Gasteiger partial charge in [-0.25, -0.2) is 0 Å². The highest BCUT2D eigenvalue weighted by molar-refractivity contribution is 7.99. The van der Waals surface area contributed by atoms with Gasteiger partial charge in [0, 0.05) is 5.56 Å². The van der Waals surface area contributed by atoms with E-state index in [1.807, 2.05) is 36.9 Å². The van der Waals surface area contributed by atoms with Crippen molar-refractivity contribution in [2.24, 2.45) is 0 Å². The summed E-state index contributed by atoms with van der Waals surface area (Å²) in [5.74, 6) is 3.11. The molecular formula is C14H22O2S. The predicted octanol–water partition coefficient (Wildman–Crippen LogP) is 3.57. The maximum Gasteiger partial charge on any atom is 0.125 e. The molecule has 0 aliphatic heterocycles. The van der Waals surface area contributed by atoms with Crippen molar-refractivity contribution >= 4 is 11.8 Å². The van der Waals surface area contributed by atoms with Crippen molar-refractivity contribution in [3.8, 4) is 5.75 Å². The summed E-state index contributed by atoms with van der Waals surface area (Å²) in [6.07, 6.45) is 0.571. The van der Waals surface area contributed by atoms with E-state index in [4.69, 9.17) is 4.74 Å². The number of aliphatic hydroxyl groups is 1. The Kier molecular flexibility index (Phi) is 6.45. The molecule has 0 aromatic heterocycles. The van der Waals surface area contributed by atoms with E-state index in [0.29, 0.717) is 0 Å². The Morgan fingerprint density at radius 3 is 2.82 bits per heavy atom. The zero-order valence-corrected chi connectivity index (χ0v) is 11.7. The number of hydrogen-bond acceptors (Lipinski definition) is 3. The van der Waals surface area contributed by atoms with Crippen molar-refractivity contribution in [3.63, 3.8) is 0 Å². The summed E-state index contributed by atoms with van der Waals surface area (Å²) in [5.41, 5.74) is 2.03. The van der Waals surface area contributed by atoms with Crippen molar-refractivity contribution in [1.29, 1.82) is 0 Å². The molecule has 3 heteroatoms. The minimum Gasteiger partial charge on any atom is -0.493 e. The lowest BCUT2D eigenvalue weighted by Gasteiger charge is -2.14. The Hall–Kier alpha value is -0.670. The molecule has 1 aromatic rings. The van der Waals surface area contributed by atoms with Gasteiger partial charge in [-0.2, -0.15) is 11.8 Å². The second-order valence-electron chi connectivity index (χ2n) is 4.12. The highest BCUT2D eigenvalue weighted by Gasteiger charge is 2.08. The molecule has 0 saturated carbocycles. The summed E-state index contributed by atoms with van der Waals surface area (Å²) in [6, 6.07) is 5.94. The monoisotopic (exact) mass is 254 g/mol. The smallest absolute Gasteiger partial charge is 0.125 e. The Morgan fingerprint density at radius 1 is 1.41 bits per heavy atom. The fourth-order valence-electron chi connectivity index (χ4n) is 1.60. The molecule has 0 unspecified atom stereocenters.